The molecule has 0 aliphatic heterocycles. The molecule has 5 rings (SSSR count). The molecule has 0 spiro atoms. The SMILES string of the molecule is FC(F)(F)c1ccccc1-c1cn(Cc2cn(-c3ccccc3)nc2-c2ccccc2)nn1. The van der Waals surface area contributed by atoms with E-state index in [1.54, 1.807) is 10.7 Å². The van der Waals surface area contributed by atoms with Crippen LogP contribution in [-0.2, 0) is 12.7 Å². The molecule has 3 aromatic carbocycles. The lowest BCUT2D eigenvalue weighted by atomic mass is 10.0. The highest BCUT2D eigenvalue weighted by molar-refractivity contribution is 5.64. The minimum atomic E-state index is -4.47. The lowest BCUT2D eigenvalue weighted by Gasteiger charge is -2.10. The first-order valence-corrected chi connectivity index (χ1v) is 10.3. The molecule has 5 nitrogen and oxygen atoms in total. The summed E-state index contributed by atoms with van der Waals surface area (Å²) in [5.41, 5.74) is 2.90. The summed E-state index contributed by atoms with van der Waals surface area (Å²) in [4.78, 5) is 0. The third-order valence-electron chi connectivity index (χ3n) is 5.24. The zero-order chi connectivity index (χ0) is 22.8. The maximum atomic E-state index is 13.4. The van der Waals surface area contributed by atoms with E-state index in [2.05, 4.69) is 10.3 Å². The summed E-state index contributed by atoms with van der Waals surface area (Å²) >= 11 is 0. The highest BCUT2D eigenvalue weighted by atomic mass is 19.4. The highest BCUT2D eigenvalue weighted by Crippen LogP contribution is 2.36. The Morgan fingerprint density at radius 2 is 1.42 bits per heavy atom. The number of alkyl halides is 3. The minimum Gasteiger partial charge on any atom is -0.247 e. The van der Waals surface area contributed by atoms with Crippen LogP contribution in [0.2, 0.25) is 0 Å². The first-order chi connectivity index (χ1) is 16.0. The molecule has 0 saturated heterocycles. The Balaban J connectivity index is 1.52. The van der Waals surface area contributed by atoms with E-state index < -0.39 is 11.7 Å². The number of para-hydroxylation sites is 1. The maximum absolute atomic E-state index is 13.4. The molecule has 2 aromatic heterocycles. The highest BCUT2D eigenvalue weighted by Gasteiger charge is 2.34. The van der Waals surface area contributed by atoms with E-state index in [0.717, 1.165) is 28.6 Å². The summed E-state index contributed by atoms with van der Waals surface area (Å²) in [6.45, 7) is 0.304. The largest absolute Gasteiger partial charge is 0.417 e. The molecule has 0 unspecified atom stereocenters. The second kappa shape index (κ2) is 8.38. The van der Waals surface area contributed by atoms with Crippen LogP contribution in [0, 0.1) is 0 Å². The van der Waals surface area contributed by atoms with Gasteiger partial charge in [0.05, 0.1) is 29.7 Å². The third-order valence-corrected chi connectivity index (χ3v) is 5.24. The van der Waals surface area contributed by atoms with E-state index in [1.807, 2.05) is 66.9 Å². The van der Waals surface area contributed by atoms with E-state index >= 15 is 0 Å². The molecule has 0 atom stereocenters. The number of aromatic nitrogens is 5. The lowest BCUT2D eigenvalue weighted by Crippen LogP contribution is -2.06. The molecular formula is C25H18F3N5. The third kappa shape index (κ3) is 4.27. The van der Waals surface area contributed by atoms with Gasteiger partial charge < -0.3 is 0 Å². The fraction of sp³-hybridized carbons (Fsp3) is 0.0800. The van der Waals surface area contributed by atoms with Gasteiger partial charge in [-0.3, -0.25) is 0 Å². The van der Waals surface area contributed by atoms with E-state index in [9.17, 15) is 13.2 Å². The number of benzene rings is 3. The summed E-state index contributed by atoms with van der Waals surface area (Å²) in [6.07, 6.45) is -1.04. The van der Waals surface area contributed by atoms with E-state index in [0.29, 0.717) is 6.54 Å². The molecule has 0 fully saturated rings. The van der Waals surface area contributed by atoms with E-state index in [4.69, 9.17) is 5.10 Å². The van der Waals surface area contributed by atoms with Gasteiger partial charge in [0.1, 0.15) is 5.69 Å². The van der Waals surface area contributed by atoms with Crippen molar-refractivity contribution >= 4 is 0 Å². The van der Waals surface area contributed by atoms with Crippen molar-refractivity contribution in [3.8, 4) is 28.2 Å². The van der Waals surface area contributed by atoms with Crippen LogP contribution >= 0.6 is 0 Å². The van der Waals surface area contributed by atoms with Crippen molar-refractivity contribution in [2.75, 3.05) is 0 Å². The molecule has 0 aliphatic rings. The van der Waals surface area contributed by atoms with Gasteiger partial charge in [-0.25, -0.2) is 9.36 Å². The van der Waals surface area contributed by atoms with Crippen LogP contribution in [0.3, 0.4) is 0 Å². The molecule has 0 N–H and O–H groups in total. The summed E-state index contributed by atoms with van der Waals surface area (Å²) in [6, 6.07) is 24.8. The standard InChI is InChI=1S/C25H18F3N5/c26-25(27,28)22-14-8-7-13-21(22)23-17-32(31-29-23)15-19-16-33(20-11-5-2-6-12-20)30-24(19)18-9-3-1-4-10-18/h1-14,16-17H,15H2. The average molecular weight is 445 g/mol. The molecular weight excluding hydrogens is 427 g/mol. The van der Waals surface area contributed by atoms with Crippen LogP contribution in [-0.4, -0.2) is 24.8 Å². The second-order valence-corrected chi connectivity index (χ2v) is 7.49. The van der Waals surface area contributed by atoms with Gasteiger partial charge in [-0.15, -0.1) is 5.10 Å². The Labute approximate surface area is 187 Å². The molecule has 0 radical (unpaired) electrons. The maximum Gasteiger partial charge on any atom is 0.417 e. The number of rotatable bonds is 5. The summed E-state index contributed by atoms with van der Waals surface area (Å²) in [7, 11) is 0. The van der Waals surface area contributed by atoms with Crippen LogP contribution in [0.5, 0.6) is 0 Å². The Morgan fingerprint density at radius 1 is 0.758 bits per heavy atom. The zero-order valence-electron chi connectivity index (χ0n) is 17.3. The molecule has 5 aromatic rings. The van der Waals surface area contributed by atoms with Gasteiger partial charge in [0.15, 0.2) is 0 Å². The summed E-state index contributed by atoms with van der Waals surface area (Å²) < 4.78 is 43.6. The Bertz CT molecular complexity index is 1370. The fourth-order valence-electron chi connectivity index (χ4n) is 3.70. The van der Waals surface area contributed by atoms with Crippen LogP contribution < -0.4 is 0 Å². The number of nitrogens with zero attached hydrogens (tertiary/aromatic N) is 5. The summed E-state index contributed by atoms with van der Waals surface area (Å²) in [5.74, 6) is 0. The smallest absolute Gasteiger partial charge is 0.247 e. The monoisotopic (exact) mass is 445 g/mol. The molecule has 0 aliphatic carbocycles. The predicted molar refractivity (Wildman–Crippen MR) is 119 cm³/mol. The Kier molecular flexibility index (Phi) is 5.26. The van der Waals surface area contributed by atoms with Crippen LogP contribution in [0.4, 0.5) is 13.2 Å². The molecule has 33 heavy (non-hydrogen) atoms. The quantitative estimate of drug-likeness (QED) is 0.340. The molecule has 0 amide bonds. The summed E-state index contributed by atoms with van der Waals surface area (Å²) in [5, 5.41) is 12.9. The minimum absolute atomic E-state index is 0.000450. The first kappa shape index (κ1) is 20.7. The van der Waals surface area contributed by atoms with Crippen molar-refractivity contribution in [1.29, 1.82) is 0 Å². The Hall–Kier alpha value is -4.20. The zero-order valence-corrected chi connectivity index (χ0v) is 17.3. The van der Waals surface area contributed by atoms with Gasteiger partial charge in [-0.1, -0.05) is 71.9 Å². The lowest BCUT2D eigenvalue weighted by molar-refractivity contribution is -0.137. The number of hydrogen-bond donors (Lipinski definition) is 0. The molecule has 2 heterocycles. The van der Waals surface area contributed by atoms with Crippen molar-refractivity contribution in [1.82, 2.24) is 24.8 Å². The van der Waals surface area contributed by atoms with Gasteiger partial charge >= 0.3 is 6.18 Å². The van der Waals surface area contributed by atoms with Crippen molar-refractivity contribution in [2.45, 2.75) is 12.7 Å². The topological polar surface area (TPSA) is 48.5 Å². The first-order valence-electron chi connectivity index (χ1n) is 10.3. The average Bonchev–Trinajstić information content (AvgIpc) is 3.47. The van der Waals surface area contributed by atoms with Crippen molar-refractivity contribution in [3.63, 3.8) is 0 Å². The van der Waals surface area contributed by atoms with Crippen molar-refractivity contribution in [2.24, 2.45) is 0 Å². The second-order valence-electron chi connectivity index (χ2n) is 7.49. The van der Waals surface area contributed by atoms with Crippen LogP contribution in [0.1, 0.15) is 11.1 Å². The normalized spacial score (nSPS) is 11.6. The van der Waals surface area contributed by atoms with Gasteiger partial charge in [-0.05, 0) is 18.2 Å². The van der Waals surface area contributed by atoms with Gasteiger partial charge in [0.2, 0.25) is 0 Å². The number of halogens is 3. The molecule has 8 heteroatoms. The molecule has 0 bridgehead atoms. The van der Waals surface area contributed by atoms with E-state index in [1.165, 1.54) is 23.0 Å². The van der Waals surface area contributed by atoms with Gasteiger partial charge in [0, 0.05) is 22.9 Å². The van der Waals surface area contributed by atoms with Gasteiger partial charge in [-0.2, -0.15) is 18.3 Å². The predicted octanol–water partition coefficient (Wildman–Crippen LogP) is 5.86. The van der Waals surface area contributed by atoms with Crippen LogP contribution in [0.25, 0.3) is 28.2 Å². The Morgan fingerprint density at radius 3 is 2.15 bits per heavy atom. The van der Waals surface area contributed by atoms with Crippen molar-refractivity contribution < 1.29 is 13.2 Å². The fourth-order valence-corrected chi connectivity index (χ4v) is 3.70. The van der Waals surface area contributed by atoms with E-state index in [-0.39, 0.29) is 11.3 Å². The van der Waals surface area contributed by atoms with Crippen molar-refractivity contribution in [3.05, 3.63) is 108 Å². The van der Waals surface area contributed by atoms with Crippen LogP contribution in [0.15, 0.2) is 97.3 Å². The number of hydrogen-bond acceptors (Lipinski definition) is 3. The van der Waals surface area contributed by atoms with Gasteiger partial charge in [0.25, 0.3) is 0 Å². The molecule has 164 valence electrons. The molecule has 0 saturated carbocycles.